The van der Waals surface area contributed by atoms with Crippen molar-refractivity contribution in [2.75, 3.05) is 0 Å². The molecular weight excluding hydrogens is 560 g/mol. The Hall–Kier alpha value is -4.60. The van der Waals surface area contributed by atoms with E-state index < -0.39 is 30.2 Å². The standard InChI is InChI=1S/C20H16F2N4.2C2HF3O2/c21-15-3-1-2-12(8-15)9-16(23)20-25-17-5-4-13(10-18(17)26-20)14-6-7-24-19(22)11-14;2*3-2(4,5)1(6)7/h1-8,10-11,16H,9,23H2,(H,25,26);2*(H,6,7)/t16-;;/m1../s1. The summed E-state index contributed by atoms with van der Waals surface area (Å²) >= 11 is 0. The van der Waals surface area contributed by atoms with Crippen LogP contribution in [0.3, 0.4) is 0 Å². The molecule has 0 spiro atoms. The van der Waals surface area contributed by atoms with Crippen molar-refractivity contribution in [3.63, 3.8) is 0 Å². The number of hydrogen-bond acceptors (Lipinski definition) is 5. The number of carboxylic acid groups (broad SMARTS) is 2. The fourth-order valence-corrected chi connectivity index (χ4v) is 2.98. The number of nitrogens with zero attached hydrogens (tertiary/aromatic N) is 2. The van der Waals surface area contributed by atoms with Crippen LogP contribution in [0.25, 0.3) is 22.2 Å². The van der Waals surface area contributed by atoms with E-state index in [9.17, 15) is 35.1 Å². The molecular formula is C24H18F8N4O4. The monoisotopic (exact) mass is 578 g/mol. The van der Waals surface area contributed by atoms with Crippen molar-refractivity contribution in [1.29, 1.82) is 0 Å². The minimum atomic E-state index is -5.08. The number of nitrogens with one attached hydrogen (secondary N) is 1. The normalized spacial score (nSPS) is 12.0. The number of carboxylic acids is 2. The van der Waals surface area contributed by atoms with Crippen LogP contribution in [0.4, 0.5) is 35.1 Å². The summed E-state index contributed by atoms with van der Waals surface area (Å²) < 4.78 is 90.1. The number of pyridine rings is 1. The van der Waals surface area contributed by atoms with Gasteiger partial charge in [0.25, 0.3) is 0 Å². The van der Waals surface area contributed by atoms with Crippen LogP contribution in [0.15, 0.2) is 60.8 Å². The number of carbonyl (C=O) groups is 2. The summed E-state index contributed by atoms with van der Waals surface area (Å²) in [6.07, 6.45) is -8.26. The van der Waals surface area contributed by atoms with Gasteiger partial charge in [-0.25, -0.2) is 23.9 Å². The number of rotatable bonds is 4. The van der Waals surface area contributed by atoms with Crippen LogP contribution in [0.1, 0.15) is 17.4 Å². The van der Waals surface area contributed by atoms with Gasteiger partial charge in [-0.3, -0.25) is 0 Å². The van der Waals surface area contributed by atoms with Gasteiger partial charge in [-0.05, 0) is 53.4 Å². The van der Waals surface area contributed by atoms with E-state index in [2.05, 4.69) is 15.0 Å². The molecule has 2 aromatic heterocycles. The lowest BCUT2D eigenvalue weighted by Crippen LogP contribution is -2.21. The molecule has 4 rings (SSSR count). The highest BCUT2D eigenvalue weighted by atomic mass is 19.4. The van der Waals surface area contributed by atoms with Gasteiger partial charge in [0.05, 0.1) is 17.1 Å². The highest BCUT2D eigenvalue weighted by Gasteiger charge is 2.38. The zero-order valence-electron chi connectivity index (χ0n) is 19.8. The SMILES string of the molecule is N[C@H](Cc1cccc(F)c1)c1nc2ccc(-c3ccnc(F)c3)cc2[nH]1.O=C(O)C(F)(F)F.O=C(O)C(F)(F)F. The number of aliphatic carboxylic acids is 2. The molecule has 2 aromatic carbocycles. The summed E-state index contributed by atoms with van der Waals surface area (Å²) in [5.41, 5.74) is 10.2. The summed E-state index contributed by atoms with van der Waals surface area (Å²) in [6.45, 7) is 0. The van der Waals surface area contributed by atoms with Crippen molar-refractivity contribution < 1.29 is 54.9 Å². The first-order valence-corrected chi connectivity index (χ1v) is 10.7. The average molecular weight is 578 g/mol. The molecule has 40 heavy (non-hydrogen) atoms. The first kappa shape index (κ1) is 31.6. The summed E-state index contributed by atoms with van der Waals surface area (Å²) in [5, 5.41) is 14.2. The van der Waals surface area contributed by atoms with Crippen molar-refractivity contribution >= 4 is 23.0 Å². The van der Waals surface area contributed by atoms with Gasteiger partial charge in [0.1, 0.15) is 11.6 Å². The molecule has 0 unspecified atom stereocenters. The summed E-state index contributed by atoms with van der Waals surface area (Å²) in [4.78, 5) is 29.1. The van der Waals surface area contributed by atoms with Crippen LogP contribution in [0.2, 0.25) is 0 Å². The third-order valence-electron chi connectivity index (χ3n) is 4.74. The van der Waals surface area contributed by atoms with Gasteiger partial charge in [0.15, 0.2) is 0 Å². The molecule has 16 heteroatoms. The van der Waals surface area contributed by atoms with Crippen LogP contribution in [-0.4, -0.2) is 49.5 Å². The Labute approximate surface area is 219 Å². The maximum Gasteiger partial charge on any atom is 0.490 e. The van der Waals surface area contributed by atoms with Gasteiger partial charge in [-0.1, -0.05) is 18.2 Å². The van der Waals surface area contributed by atoms with E-state index in [1.165, 1.54) is 24.4 Å². The minimum Gasteiger partial charge on any atom is -0.475 e. The molecule has 0 saturated heterocycles. The summed E-state index contributed by atoms with van der Waals surface area (Å²) in [6, 6.07) is 14.8. The minimum absolute atomic E-state index is 0.284. The van der Waals surface area contributed by atoms with Crippen molar-refractivity contribution in [3.05, 3.63) is 83.9 Å². The van der Waals surface area contributed by atoms with Crippen molar-refractivity contribution in [3.8, 4) is 11.1 Å². The largest absolute Gasteiger partial charge is 0.490 e. The Bertz CT molecular complexity index is 1450. The first-order chi connectivity index (χ1) is 18.5. The van der Waals surface area contributed by atoms with E-state index in [4.69, 9.17) is 25.5 Å². The van der Waals surface area contributed by atoms with Crippen molar-refractivity contribution in [1.82, 2.24) is 15.0 Å². The first-order valence-electron chi connectivity index (χ1n) is 10.7. The van der Waals surface area contributed by atoms with Gasteiger partial charge < -0.3 is 20.9 Å². The Morgan fingerprint density at radius 3 is 1.98 bits per heavy atom. The molecule has 0 aliphatic heterocycles. The van der Waals surface area contributed by atoms with Crippen LogP contribution in [0, 0.1) is 11.8 Å². The number of imidazole rings is 1. The Morgan fingerprint density at radius 1 is 0.875 bits per heavy atom. The zero-order chi connectivity index (χ0) is 30.3. The molecule has 214 valence electrons. The predicted molar refractivity (Wildman–Crippen MR) is 124 cm³/mol. The molecule has 0 radical (unpaired) electrons. The number of aromatic amines is 1. The molecule has 4 aromatic rings. The van der Waals surface area contributed by atoms with E-state index in [-0.39, 0.29) is 11.9 Å². The van der Waals surface area contributed by atoms with E-state index in [1.807, 2.05) is 24.3 Å². The second-order valence-corrected chi connectivity index (χ2v) is 7.77. The molecule has 5 N–H and O–H groups in total. The van der Waals surface area contributed by atoms with Gasteiger partial charge >= 0.3 is 24.3 Å². The van der Waals surface area contributed by atoms with Crippen LogP contribution in [0.5, 0.6) is 0 Å². The highest BCUT2D eigenvalue weighted by molar-refractivity contribution is 5.82. The zero-order valence-corrected chi connectivity index (χ0v) is 19.8. The summed E-state index contributed by atoms with van der Waals surface area (Å²) in [7, 11) is 0. The fourth-order valence-electron chi connectivity index (χ4n) is 2.98. The molecule has 0 amide bonds. The van der Waals surface area contributed by atoms with Crippen LogP contribution < -0.4 is 5.73 Å². The highest BCUT2D eigenvalue weighted by Crippen LogP contribution is 2.25. The van der Waals surface area contributed by atoms with Crippen molar-refractivity contribution in [2.45, 2.75) is 24.8 Å². The Morgan fingerprint density at radius 2 is 1.45 bits per heavy atom. The molecule has 1 atom stereocenters. The Kier molecular flexibility index (Phi) is 10.2. The van der Waals surface area contributed by atoms with Crippen LogP contribution >= 0.6 is 0 Å². The number of alkyl halides is 6. The molecule has 0 aliphatic carbocycles. The van der Waals surface area contributed by atoms with Gasteiger partial charge in [-0.15, -0.1) is 0 Å². The smallest absolute Gasteiger partial charge is 0.475 e. The Balaban J connectivity index is 0.000000333. The van der Waals surface area contributed by atoms with E-state index >= 15 is 0 Å². The number of halogens is 8. The van der Waals surface area contributed by atoms with E-state index in [0.717, 1.165) is 27.7 Å². The summed E-state index contributed by atoms with van der Waals surface area (Å²) in [5.74, 6) is -5.69. The maximum absolute atomic E-state index is 13.3. The molecule has 8 nitrogen and oxygen atoms in total. The maximum atomic E-state index is 13.3. The number of benzene rings is 2. The average Bonchev–Trinajstić information content (AvgIpc) is 3.27. The van der Waals surface area contributed by atoms with Gasteiger partial charge in [0, 0.05) is 12.3 Å². The quantitative estimate of drug-likeness (QED) is 0.187. The molecule has 0 aliphatic rings. The lowest BCUT2D eigenvalue weighted by atomic mass is 10.1. The predicted octanol–water partition coefficient (Wildman–Crippen LogP) is 5.41. The van der Waals surface area contributed by atoms with Crippen molar-refractivity contribution in [2.24, 2.45) is 5.73 Å². The topological polar surface area (TPSA) is 142 Å². The molecule has 2 heterocycles. The lowest BCUT2D eigenvalue weighted by Gasteiger charge is -2.08. The van der Waals surface area contributed by atoms with Crippen LogP contribution in [-0.2, 0) is 16.0 Å². The van der Waals surface area contributed by atoms with Gasteiger partial charge in [0.2, 0.25) is 5.95 Å². The second kappa shape index (κ2) is 13.0. The van der Waals surface area contributed by atoms with E-state index in [1.54, 1.807) is 12.1 Å². The number of aromatic nitrogens is 3. The number of H-pyrrole nitrogens is 1. The number of hydrogen-bond donors (Lipinski definition) is 4. The van der Waals surface area contributed by atoms with E-state index in [0.29, 0.717) is 12.2 Å². The molecule has 0 fully saturated rings. The number of nitrogens with two attached hydrogens (primary N) is 1. The third kappa shape index (κ3) is 9.61. The fraction of sp³-hybridized carbons (Fsp3) is 0.167. The number of fused-ring (bicyclic) bond motifs is 1. The second-order valence-electron chi connectivity index (χ2n) is 7.77. The van der Waals surface area contributed by atoms with Gasteiger partial charge in [-0.2, -0.15) is 30.7 Å². The molecule has 0 bridgehead atoms. The molecule has 0 saturated carbocycles. The third-order valence-corrected chi connectivity index (χ3v) is 4.74. The lowest BCUT2D eigenvalue weighted by molar-refractivity contribution is -0.193.